The minimum atomic E-state index is -0.946. The Balaban J connectivity index is 0.00000158. The van der Waals surface area contributed by atoms with Crippen molar-refractivity contribution in [3.8, 4) is 0 Å². The summed E-state index contributed by atoms with van der Waals surface area (Å²) in [6.07, 6.45) is 93.5. The number of carboxylic acids is 2. The van der Waals surface area contributed by atoms with Gasteiger partial charge in [0.1, 0.15) is 0 Å². The van der Waals surface area contributed by atoms with E-state index in [2.05, 4.69) is 55.4 Å². The highest BCUT2D eigenvalue weighted by molar-refractivity contribution is 8.76. The maximum atomic E-state index is 10.7. The van der Waals surface area contributed by atoms with Gasteiger partial charge < -0.3 is 19.2 Å². The van der Waals surface area contributed by atoms with Gasteiger partial charge >= 0.3 is 11.9 Å². The number of benzene rings is 2. The molecular formula is C94H178N2O4S2+2. The molecule has 0 aliphatic carbocycles. The van der Waals surface area contributed by atoms with E-state index in [9.17, 15) is 9.59 Å². The maximum absolute atomic E-state index is 10.7. The smallest absolute Gasteiger partial charge is 0.335 e. The van der Waals surface area contributed by atoms with E-state index in [-0.39, 0.29) is 11.1 Å². The molecule has 2 aromatic carbocycles. The molecule has 598 valence electrons. The zero-order chi connectivity index (χ0) is 74.4. The van der Waals surface area contributed by atoms with Gasteiger partial charge in [0.15, 0.2) is 0 Å². The Hall–Kier alpha value is -2.00. The lowest BCUT2D eigenvalue weighted by molar-refractivity contribution is -0.929. The molecule has 0 radical (unpaired) electrons. The molecule has 6 nitrogen and oxygen atoms in total. The van der Waals surface area contributed by atoms with Gasteiger partial charge in [-0.25, -0.2) is 9.59 Å². The van der Waals surface area contributed by atoms with Crippen molar-refractivity contribution in [1.29, 1.82) is 0 Å². The first-order valence-corrected chi connectivity index (χ1v) is 47.9. The number of unbranched alkanes of at least 4 members (excludes halogenated alkanes) is 56. The van der Waals surface area contributed by atoms with Gasteiger partial charge in [-0.3, -0.25) is 0 Å². The molecule has 0 heterocycles. The van der Waals surface area contributed by atoms with E-state index >= 15 is 0 Å². The molecule has 0 aliphatic rings. The summed E-state index contributed by atoms with van der Waals surface area (Å²) in [5, 5.41) is 17.6. The number of hydrogen-bond donors (Lipinski definition) is 2. The SMILES string of the molecule is CCCCCCCCCC[N+](CCCCCCCCCC)(CCCCCCCCCC)CCCCCCCCCC.CCCCCCCCCC[N+](CCCCCCCCCC)(CCCCCCCCCC)CCCCCCCCCC.O=C(O)c1ccc(SSc2ccc(C(=O)O)cc2)cc1. The van der Waals surface area contributed by atoms with Gasteiger partial charge in [-0.2, -0.15) is 0 Å². The van der Waals surface area contributed by atoms with Gasteiger partial charge in [0.25, 0.3) is 0 Å². The molecule has 0 aromatic heterocycles. The van der Waals surface area contributed by atoms with Crippen molar-refractivity contribution >= 4 is 33.5 Å². The summed E-state index contributed by atoms with van der Waals surface area (Å²) in [5.41, 5.74) is 0.510. The molecule has 0 atom stereocenters. The van der Waals surface area contributed by atoms with E-state index in [1.165, 1.54) is 494 Å². The van der Waals surface area contributed by atoms with Crippen molar-refractivity contribution in [1.82, 2.24) is 0 Å². The van der Waals surface area contributed by atoms with E-state index in [0.717, 1.165) is 9.79 Å². The molecule has 2 rings (SSSR count). The van der Waals surface area contributed by atoms with E-state index in [0.29, 0.717) is 0 Å². The van der Waals surface area contributed by atoms with Crippen molar-refractivity contribution in [2.45, 2.75) is 476 Å². The van der Waals surface area contributed by atoms with Crippen LogP contribution in [0.1, 0.15) is 487 Å². The normalized spacial score (nSPS) is 11.6. The molecule has 102 heavy (non-hydrogen) atoms. The highest BCUT2D eigenvalue weighted by Gasteiger charge is 2.27. The topological polar surface area (TPSA) is 74.6 Å². The van der Waals surface area contributed by atoms with Gasteiger partial charge in [-0.05, 0) is 151 Å². The average Bonchev–Trinajstić information content (AvgIpc) is 0.889. The number of rotatable bonds is 77. The van der Waals surface area contributed by atoms with E-state index in [1.807, 2.05) is 0 Å². The zero-order valence-corrected chi connectivity index (χ0v) is 71.6. The minimum Gasteiger partial charge on any atom is -0.478 e. The van der Waals surface area contributed by atoms with Crippen LogP contribution in [0.2, 0.25) is 0 Å². The number of carboxylic acid groups (broad SMARTS) is 2. The van der Waals surface area contributed by atoms with Crippen molar-refractivity contribution in [3.05, 3.63) is 59.7 Å². The van der Waals surface area contributed by atoms with Crippen LogP contribution in [0.3, 0.4) is 0 Å². The maximum Gasteiger partial charge on any atom is 0.335 e. The Labute approximate surface area is 646 Å². The fraction of sp³-hybridized carbons (Fsp3) is 0.851. The van der Waals surface area contributed by atoms with Gasteiger partial charge in [-0.1, -0.05) is 385 Å². The van der Waals surface area contributed by atoms with Gasteiger partial charge in [-0.15, -0.1) is 0 Å². The first-order chi connectivity index (χ1) is 50.0. The lowest BCUT2D eigenvalue weighted by atomic mass is 10.0. The first kappa shape index (κ1) is 100. The minimum absolute atomic E-state index is 0.255. The first-order valence-electron chi connectivity index (χ1n) is 45.8. The van der Waals surface area contributed by atoms with E-state index in [4.69, 9.17) is 10.2 Å². The quantitative estimate of drug-likeness (QED) is 0.0391. The Morgan fingerprint density at radius 3 is 0.441 bits per heavy atom. The second-order valence-corrected chi connectivity index (χ2v) is 34.4. The number of aromatic carboxylic acids is 2. The average molecular weight is 1460 g/mol. The molecule has 2 aromatic rings. The third kappa shape index (κ3) is 65.1. The number of nitrogens with zero attached hydrogens (tertiary/aromatic N) is 2. The predicted octanol–water partition coefficient (Wildman–Crippen LogP) is 32.6. The second kappa shape index (κ2) is 78.6. The molecular weight excluding hydrogens is 1290 g/mol. The van der Waals surface area contributed by atoms with Crippen LogP contribution in [0.4, 0.5) is 0 Å². The van der Waals surface area contributed by atoms with Crippen molar-refractivity contribution in [2.24, 2.45) is 0 Å². The summed E-state index contributed by atoms with van der Waals surface area (Å²) in [5.74, 6) is -1.89. The van der Waals surface area contributed by atoms with Crippen molar-refractivity contribution < 1.29 is 28.8 Å². The standard InChI is InChI=1S/2C40H84N.C14H10O4S2/c2*1-5-9-13-17-21-25-29-33-37-41(38-34-30-26-22-18-14-10-6-2,39-35-31-27-23-19-15-11-7-3)40-36-32-28-24-20-16-12-8-4;15-13(16)9-1-5-11(6-2-9)19-20-12-7-3-10(4-8-12)14(17)18/h2*5-40H2,1-4H3;1-8H,(H,15,16)(H,17,18)/q2*+1;. The molecule has 0 spiro atoms. The van der Waals surface area contributed by atoms with Crippen molar-refractivity contribution in [3.63, 3.8) is 0 Å². The van der Waals surface area contributed by atoms with Crippen LogP contribution in [0.25, 0.3) is 0 Å². The second-order valence-electron chi connectivity index (χ2n) is 32.1. The molecule has 0 saturated heterocycles. The summed E-state index contributed by atoms with van der Waals surface area (Å²) < 4.78 is 2.97. The van der Waals surface area contributed by atoms with Gasteiger partial charge in [0, 0.05) is 9.79 Å². The lowest BCUT2D eigenvalue weighted by Crippen LogP contribution is -2.50. The summed E-state index contributed by atoms with van der Waals surface area (Å²) in [7, 11) is 2.97. The van der Waals surface area contributed by atoms with Crippen LogP contribution in [0, 0.1) is 0 Å². The number of carbonyl (C=O) groups is 2. The Kier molecular flexibility index (Phi) is 77.0. The van der Waals surface area contributed by atoms with E-state index in [1.54, 1.807) is 48.5 Å². The Morgan fingerprint density at radius 1 is 0.206 bits per heavy atom. The van der Waals surface area contributed by atoms with Crippen LogP contribution < -0.4 is 0 Å². The Bertz CT molecular complexity index is 1680. The summed E-state index contributed by atoms with van der Waals surface area (Å²) in [6.45, 7) is 30.6. The van der Waals surface area contributed by atoms with E-state index < -0.39 is 11.9 Å². The third-order valence-corrected chi connectivity index (χ3v) is 24.7. The molecule has 8 heteroatoms. The van der Waals surface area contributed by atoms with Gasteiger partial charge in [0.2, 0.25) is 0 Å². The monoisotopic (exact) mass is 1460 g/mol. The Morgan fingerprint density at radius 2 is 0.324 bits per heavy atom. The zero-order valence-electron chi connectivity index (χ0n) is 70.0. The molecule has 0 bridgehead atoms. The fourth-order valence-electron chi connectivity index (χ4n) is 15.4. The van der Waals surface area contributed by atoms with Crippen LogP contribution in [0.15, 0.2) is 58.3 Å². The number of quaternary nitrogens is 2. The van der Waals surface area contributed by atoms with Crippen molar-refractivity contribution in [2.75, 3.05) is 52.4 Å². The van der Waals surface area contributed by atoms with Crippen LogP contribution >= 0.6 is 21.6 Å². The van der Waals surface area contributed by atoms with Gasteiger partial charge in [0.05, 0.1) is 63.5 Å². The molecule has 0 saturated carbocycles. The van der Waals surface area contributed by atoms with Crippen LogP contribution in [0.5, 0.6) is 0 Å². The molecule has 0 aliphatic heterocycles. The lowest BCUT2D eigenvalue weighted by Gasteiger charge is -2.40. The largest absolute Gasteiger partial charge is 0.478 e. The number of hydrogen-bond acceptors (Lipinski definition) is 4. The fourth-order valence-corrected chi connectivity index (χ4v) is 17.3. The predicted molar refractivity (Wildman–Crippen MR) is 459 cm³/mol. The third-order valence-electron chi connectivity index (χ3n) is 22.3. The molecule has 0 amide bonds. The molecule has 0 unspecified atom stereocenters. The van der Waals surface area contributed by atoms with Crippen LogP contribution in [-0.4, -0.2) is 83.5 Å². The molecule has 0 fully saturated rings. The van der Waals surface area contributed by atoms with Crippen LogP contribution in [-0.2, 0) is 0 Å². The highest BCUT2D eigenvalue weighted by atomic mass is 33.1. The summed E-state index contributed by atoms with van der Waals surface area (Å²) in [6, 6.07) is 13.2. The summed E-state index contributed by atoms with van der Waals surface area (Å²) >= 11 is 0. The molecule has 2 N–H and O–H groups in total. The summed E-state index contributed by atoms with van der Waals surface area (Å²) in [4.78, 5) is 23.3. The highest BCUT2D eigenvalue weighted by Crippen LogP contribution is 2.37.